The molecule has 0 rings (SSSR count). The van der Waals surface area contributed by atoms with Gasteiger partial charge in [0.2, 0.25) is 0 Å². The Hall–Kier alpha value is -0.530. The lowest BCUT2D eigenvalue weighted by atomic mass is 10.1. The minimum absolute atomic E-state index is 0.0810. The molecule has 0 aromatic carbocycles. The number of quaternary nitrogens is 1. The number of nitrogens with zero attached hydrogens (tertiary/aromatic N) is 1. The Bertz CT molecular complexity index is 669. The van der Waals surface area contributed by atoms with E-state index in [1.54, 1.807) is 0 Å². The SMILES string of the molecule is CCCCCC/C=C\CCCC/C=C\CCCCCOC[C@H](COP(=O)([O-])OCC[N+](C)(C)C)OC(C)(C)C. The van der Waals surface area contributed by atoms with Gasteiger partial charge in [-0.15, -0.1) is 0 Å². The molecule has 1 unspecified atom stereocenters. The molecule has 0 aromatic heterocycles. The average molecular weight is 576 g/mol. The molecule has 0 amide bonds. The van der Waals surface area contributed by atoms with Crippen LogP contribution in [0.2, 0.25) is 0 Å². The topological polar surface area (TPSA) is 77.1 Å². The molecule has 0 spiro atoms. The fourth-order valence-electron chi connectivity index (χ4n) is 3.80. The van der Waals surface area contributed by atoms with E-state index in [9.17, 15) is 9.46 Å². The van der Waals surface area contributed by atoms with Gasteiger partial charge in [0.15, 0.2) is 0 Å². The molecule has 0 saturated heterocycles. The zero-order valence-corrected chi connectivity index (χ0v) is 27.4. The van der Waals surface area contributed by atoms with Crippen molar-refractivity contribution in [1.29, 1.82) is 0 Å². The summed E-state index contributed by atoms with van der Waals surface area (Å²) in [6, 6.07) is 0. The van der Waals surface area contributed by atoms with Crippen LogP contribution in [0.3, 0.4) is 0 Å². The van der Waals surface area contributed by atoms with Crippen LogP contribution in [0.25, 0.3) is 0 Å². The third kappa shape index (κ3) is 30.3. The van der Waals surface area contributed by atoms with Crippen molar-refractivity contribution in [3.63, 3.8) is 0 Å². The molecular weight excluding hydrogens is 513 g/mol. The lowest BCUT2D eigenvalue weighted by Crippen LogP contribution is -2.38. The summed E-state index contributed by atoms with van der Waals surface area (Å²) in [6.07, 6.45) is 24.7. The van der Waals surface area contributed by atoms with Crippen LogP contribution in [0.15, 0.2) is 24.3 Å². The Kier molecular flexibility index (Phi) is 22.8. The van der Waals surface area contributed by atoms with Crippen molar-refractivity contribution in [1.82, 2.24) is 0 Å². The van der Waals surface area contributed by atoms with Gasteiger partial charge in [0.25, 0.3) is 7.82 Å². The third-order valence-electron chi connectivity index (χ3n) is 5.96. The number of phosphoric acid groups is 1. The molecule has 8 heteroatoms. The first-order valence-corrected chi connectivity index (χ1v) is 16.8. The number of allylic oxidation sites excluding steroid dienone is 4. The molecule has 0 aliphatic rings. The molecule has 7 nitrogen and oxygen atoms in total. The molecule has 0 N–H and O–H groups in total. The van der Waals surface area contributed by atoms with Gasteiger partial charge in [-0.2, -0.15) is 0 Å². The third-order valence-corrected chi connectivity index (χ3v) is 6.93. The van der Waals surface area contributed by atoms with E-state index >= 15 is 0 Å². The molecular formula is C31H62NO6P. The first kappa shape index (κ1) is 38.5. The maximum absolute atomic E-state index is 12.1. The van der Waals surface area contributed by atoms with Gasteiger partial charge in [0.05, 0.1) is 40.0 Å². The zero-order valence-electron chi connectivity index (χ0n) is 26.5. The largest absolute Gasteiger partial charge is 0.756 e. The Morgan fingerprint density at radius 1 is 0.744 bits per heavy atom. The second-order valence-corrected chi connectivity index (χ2v) is 13.9. The molecule has 0 saturated carbocycles. The molecule has 0 heterocycles. The van der Waals surface area contributed by atoms with Gasteiger partial charge in [-0.1, -0.05) is 56.9 Å². The summed E-state index contributed by atoms with van der Waals surface area (Å²) < 4.78 is 34.5. The summed E-state index contributed by atoms with van der Waals surface area (Å²) >= 11 is 0. The smallest absolute Gasteiger partial charge is 0.268 e. The highest BCUT2D eigenvalue weighted by Gasteiger charge is 2.22. The van der Waals surface area contributed by atoms with Crippen LogP contribution in [0, 0.1) is 0 Å². The van der Waals surface area contributed by atoms with Crippen LogP contribution in [0.5, 0.6) is 0 Å². The summed E-state index contributed by atoms with van der Waals surface area (Å²) in [4.78, 5) is 12.1. The van der Waals surface area contributed by atoms with Crippen LogP contribution in [0.4, 0.5) is 0 Å². The Morgan fingerprint density at radius 3 is 1.74 bits per heavy atom. The molecule has 0 aliphatic carbocycles. The standard InChI is InChI=1S/C31H62NO6P/c1-8-9-10-11-12-13-14-15-16-17-18-19-20-21-22-23-24-26-35-28-30(38-31(2,3)4)29-37-39(33,34)36-27-25-32(5,6)7/h13-14,19-20,30H,8-12,15-18,21-29H2,1-7H3/b14-13-,20-19-/t30-/m1/s1. The molecule has 0 radical (unpaired) electrons. The van der Waals surface area contributed by atoms with Crippen LogP contribution in [-0.4, -0.2) is 70.3 Å². The van der Waals surface area contributed by atoms with E-state index in [2.05, 4.69) is 31.2 Å². The second kappa shape index (κ2) is 23.1. The normalized spacial score (nSPS) is 15.4. The fraction of sp³-hybridized carbons (Fsp3) is 0.871. The number of hydrogen-bond acceptors (Lipinski definition) is 6. The average Bonchev–Trinajstić information content (AvgIpc) is 2.82. The number of hydrogen-bond donors (Lipinski definition) is 0. The summed E-state index contributed by atoms with van der Waals surface area (Å²) in [6.45, 7) is 9.46. The van der Waals surface area contributed by atoms with E-state index in [1.165, 1.54) is 57.8 Å². The van der Waals surface area contributed by atoms with Crippen LogP contribution in [-0.2, 0) is 23.1 Å². The second-order valence-electron chi connectivity index (χ2n) is 12.4. The lowest BCUT2D eigenvalue weighted by molar-refractivity contribution is -0.870. The number of ether oxygens (including phenoxy) is 2. The van der Waals surface area contributed by atoms with E-state index in [4.69, 9.17) is 18.5 Å². The van der Waals surface area contributed by atoms with E-state index in [0.29, 0.717) is 17.6 Å². The summed E-state index contributed by atoms with van der Waals surface area (Å²) in [5.41, 5.74) is -0.439. The van der Waals surface area contributed by atoms with Gasteiger partial charge in [-0.3, -0.25) is 4.57 Å². The van der Waals surface area contributed by atoms with Gasteiger partial charge < -0.3 is 27.9 Å². The van der Waals surface area contributed by atoms with Crippen molar-refractivity contribution in [3.05, 3.63) is 24.3 Å². The summed E-state index contributed by atoms with van der Waals surface area (Å²) in [7, 11) is 1.53. The highest BCUT2D eigenvalue weighted by atomic mass is 31.2. The highest BCUT2D eigenvalue weighted by Crippen LogP contribution is 2.38. The van der Waals surface area contributed by atoms with Gasteiger partial charge in [0, 0.05) is 6.61 Å². The Morgan fingerprint density at radius 2 is 1.26 bits per heavy atom. The van der Waals surface area contributed by atoms with Gasteiger partial charge in [0.1, 0.15) is 19.3 Å². The molecule has 2 atom stereocenters. The number of unbranched alkanes of at least 4 members (excludes halogenated alkanes) is 10. The van der Waals surface area contributed by atoms with Crippen LogP contribution in [0.1, 0.15) is 111 Å². The van der Waals surface area contributed by atoms with E-state index in [1.807, 2.05) is 41.9 Å². The zero-order chi connectivity index (χ0) is 29.5. The van der Waals surface area contributed by atoms with Crippen LogP contribution < -0.4 is 4.89 Å². The van der Waals surface area contributed by atoms with Gasteiger partial charge in [-0.05, 0) is 78.6 Å². The molecule has 39 heavy (non-hydrogen) atoms. The maximum atomic E-state index is 12.1. The molecule has 0 aromatic rings. The molecule has 0 bridgehead atoms. The van der Waals surface area contributed by atoms with Crippen LogP contribution >= 0.6 is 7.82 Å². The van der Waals surface area contributed by atoms with Gasteiger partial charge in [-0.25, -0.2) is 0 Å². The molecule has 0 aliphatic heterocycles. The minimum atomic E-state index is -4.38. The van der Waals surface area contributed by atoms with Crippen molar-refractivity contribution in [2.45, 2.75) is 123 Å². The lowest BCUT2D eigenvalue weighted by Gasteiger charge is -2.31. The maximum Gasteiger partial charge on any atom is 0.268 e. The Labute approximate surface area is 241 Å². The van der Waals surface area contributed by atoms with E-state index in [0.717, 1.165) is 25.7 Å². The summed E-state index contributed by atoms with van der Waals surface area (Å²) in [5, 5.41) is 0. The number of rotatable bonds is 26. The first-order chi connectivity index (χ1) is 18.3. The molecule has 232 valence electrons. The minimum Gasteiger partial charge on any atom is -0.756 e. The van der Waals surface area contributed by atoms with Crippen molar-refractivity contribution in [3.8, 4) is 0 Å². The van der Waals surface area contributed by atoms with Crippen molar-refractivity contribution < 1.29 is 32.5 Å². The predicted octanol–water partition coefficient (Wildman–Crippen LogP) is 7.60. The van der Waals surface area contributed by atoms with Crippen molar-refractivity contribution in [2.75, 3.05) is 54.1 Å². The summed E-state index contributed by atoms with van der Waals surface area (Å²) in [5.74, 6) is 0. The van der Waals surface area contributed by atoms with Gasteiger partial charge >= 0.3 is 0 Å². The number of likely N-dealkylation sites (N-methyl/N-ethyl adjacent to an activating group) is 1. The van der Waals surface area contributed by atoms with E-state index in [-0.39, 0.29) is 19.8 Å². The van der Waals surface area contributed by atoms with E-state index < -0.39 is 19.5 Å². The number of phosphoric ester groups is 1. The highest BCUT2D eigenvalue weighted by molar-refractivity contribution is 7.45. The first-order valence-electron chi connectivity index (χ1n) is 15.3. The predicted molar refractivity (Wildman–Crippen MR) is 162 cm³/mol. The van der Waals surface area contributed by atoms with Crippen molar-refractivity contribution in [2.24, 2.45) is 0 Å². The quantitative estimate of drug-likeness (QED) is 0.0458. The Balaban J connectivity index is 3.92. The van der Waals surface area contributed by atoms with Crippen molar-refractivity contribution >= 4 is 7.82 Å². The molecule has 0 fully saturated rings. The fourth-order valence-corrected chi connectivity index (χ4v) is 4.53. The monoisotopic (exact) mass is 575 g/mol.